The van der Waals surface area contributed by atoms with Crippen molar-refractivity contribution >= 4 is 21.8 Å². The summed E-state index contributed by atoms with van der Waals surface area (Å²) >= 11 is 3.42. The molecule has 0 fully saturated rings. The maximum Gasteiger partial charge on any atom is 0.252 e. The lowest BCUT2D eigenvalue weighted by Gasteiger charge is -2.15. The Kier molecular flexibility index (Phi) is 5.02. The summed E-state index contributed by atoms with van der Waals surface area (Å²) in [6.45, 7) is 3.93. The predicted molar refractivity (Wildman–Crippen MR) is 87.8 cm³/mol. The second-order valence-electron chi connectivity index (χ2n) is 4.95. The van der Waals surface area contributed by atoms with Gasteiger partial charge in [0.2, 0.25) is 0 Å². The van der Waals surface area contributed by atoms with Crippen molar-refractivity contribution in [3.63, 3.8) is 0 Å². The van der Waals surface area contributed by atoms with Crippen LogP contribution in [0.25, 0.3) is 0 Å². The minimum Gasteiger partial charge on any atom is -0.497 e. The second kappa shape index (κ2) is 6.76. The Labute approximate surface area is 133 Å². The first-order valence-corrected chi connectivity index (χ1v) is 7.51. The molecule has 0 spiro atoms. The quantitative estimate of drug-likeness (QED) is 0.897. The van der Waals surface area contributed by atoms with E-state index in [1.54, 1.807) is 7.11 Å². The second-order valence-corrected chi connectivity index (χ2v) is 5.81. The highest BCUT2D eigenvalue weighted by molar-refractivity contribution is 9.10. The fourth-order valence-corrected chi connectivity index (χ4v) is 2.49. The molecular formula is C17H18BrNO2. The van der Waals surface area contributed by atoms with Gasteiger partial charge in [-0.3, -0.25) is 4.79 Å². The van der Waals surface area contributed by atoms with Gasteiger partial charge in [0.15, 0.2) is 0 Å². The Morgan fingerprint density at radius 2 is 1.86 bits per heavy atom. The first-order valence-electron chi connectivity index (χ1n) is 6.72. The van der Waals surface area contributed by atoms with Crippen LogP contribution in [-0.4, -0.2) is 13.0 Å². The summed E-state index contributed by atoms with van der Waals surface area (Å²) in [4.78, 5) is 12.4. The van der Waals surface area contributed by atoms with E-state index in [1.807, 2.05) is 56.3 Å². The highest BCUT2D eigenvalue weighted by Crippen LogP contribution is 2.21. The molecule has 0 aliphatic heterocycles. The van der Waals surface area contributed by atoms with Crippen LogP contribution in [0.4, 0.5) is 0 Å². The molecule has 2 aromatic carbocycles. The molecule has 3 nitrogen and oxygen atoms in total. The van der Waals surface area contributed by atoms with Crippen molar-refractivity contribution in [1.82, 2.24) is 5.32 Å². The van der Waals surface area contributed by atoms with Gasteiger partial charge in [-0.05, 0) is 59.6 Å². The molecule has 0 saturated heterocycles. The summed E-state index contributed by atoms with van der Waals surface area (Å²) in [7, 11) is 1.63. The van der Waals surface area contributed by atoms with Crippen molar-refractivity contribution < 1.29 is 9.53 Å². The zero-order valence-corrected chi connectivity index (χ0v) is 13.9. The Bertz CT molecular complexity index is 638. The van der Waals surface area contributed by atoms with E-state index in [1.165, 1.54) is 0 Å². The fourth-order valence-electron chi connectivity index (χ4n) is 2.06. The lowest BCUT2D eigenvalue weighted by atomic mass is 10.1. The molecule has 2 aromatic rings. The number of benzene rings is 2. The molecule has 1 N–H and O–H groups in total. The van der Waals surface area contributed by atoms with Crippen LogP contribution in [0.3, 0.4) is 0 Å². The van der Waals surface area contributed by atoms with Gasteiger partial charge >= 0.3 is 0 Å². The molecule has 4 heteroatoms. The first-order chi connectivity index (χ1) is 10.0. The standard InChI is InChI=1S/C17H18BrNO2/c1-11-4-9-16(18)15(10-11)17(20)19-12(2)13-5-7-14(21-3)8-6-13/h4-10,12H,1-3H3,(H,19,20). The summed E-state index contributed by atoms with van der Waals surface area (Å²) in [5.41, 5.74) is 2.74. The van der Waals surface area contributed by atoms with Crippen molar-refractivity contribution in [2.45, 2.75) is 19.9 Å². The van der Waals surface area contributed by atoms with Crippen molar-refractivity contribution in [1.29, 1.82) is 0 Å². The van der Waals surface area contributed by atoms with Gasteiger partial charge in [0.25, 0.3) is 5.91 Å². The van der Waals surface area contributed by atoms with Crippen molar-refractivity contribution in [3.05, 3.63) is 63.6 Å². The molecular weight excluding hydrogens is 330 g/mol. The molecule has 0 saturated carbocycles. The van der Waals surface area contributed by atoms with Crippen LogP contribution in [0.5, 0.6) is 5.75 Å². The summed E-state index contributed by atoms with van der Waals surface area (Å²) in [6, 6.07) is 13.3. The first kappa shape index (κ1) is 15.6. The van der Waals surface area contributed by atoms with Crippen LogP contribution in [0.2, 0.25) is 0 Å². The minimum atomic E-state index is -0.0890. The number of carbonyl (C=O) groups is 1. The summed E-state index contributed by atoms with van der Waals surface area (Å²) < 4.78 is 5.93. The van der Waals surface area contributed by atoms with E-state index in [-0.39, 0.29) is 11.9 Å². The highest BCUT2D eigenvalue weighted by atomic mass is 79.9. The molecule has 1 amide bonds. The number of ether oxygens (including phenoxy) is 1. The third kappa shape index (κ3) is 3.85. The van der Waals surface area contributed by atoms with Crippen LogP contribution >= 0.6 is 15.9 Å². The van der Waals surface area contributed by atoms with Gasteiger partial charge in [-0.1, -0.05) is 23.8 Å². The van der Waals surface area contributed by atoms with E-state index in [0.29, 0.717) is 5.56 Å². The van der Waals surface area contributed by atoms with Crippen LogP contribution in [0.1, 0.15) is 34.5 Å². The SMILES string of the molecule is COc1ccc(C(C)NC(=O)c2cc(C)ccc2Br)cc1. The van der Waals surface area contributed by atoms with Gasteiger partial charge in [0, 0.05) is 4.47 Å². The molecule has 110 valence electrons. The molecule has 21 heavy (non-hydrogen) atoms. The molecule has 0 radical (unpaired) electrons. The molecule has 0 aromatic heterocycles. The van der Waals surface area contributed by atoms with E-state index in [4.69, 9.17) is 4.74 Å². The predicted octanol–water partition coefficient (Wildman–Crippen LogP) is 4.26. The third-order valence-electron chi connectivity index (χ3n) is 3.33. The topological polar surface area (TPSA) is 38.3 Å². The number of hydrogen-bond acceptors (Lipinski definition) is 2. The molecule has 0 bridgehead atoms. The molecule has 0 heterocycles. The van der Waals surface area contributed by atoms with Gasteiger partial charge in [-0.25, -0.2) is 0 Å². The van der Waals surface area contributed by atoms with Gasteiger partial charge in [0.05, 0.1) is 18.7 Å². The van der Waals surface area contributed by atoms with Gasteiger partial charge in [0.1, 0.15) is 5.75 Å². The van der Waals surface area contributed by atoms with Crippen LogP contribution < -0.4 is 10.1 Å². The average molecular weight is 348 g/mol. The van der Waals surface area contributed by atoms with Crippen molar-refractivity contribution in [2.75, 3.05) is 7.11 Å². The average Bonchev–Trinajstić information content (AvgIpc) is 2.49. The van der Waals surface area contributed by atoms with Crippen LogP contribution in [0, 0.1) is 6.92 Å². The summed E-state index contributed by atoms with van der Waals surface area (Å²) in [5, 5.41) is 3.01. The maximum atomic E-state index is 12.4. The number of methoxy groups -OCH3 is 1. The van der Waals surface area contributed by atoms with Gasteiger partial charge in [-0.2, -0.15) is 0 Å². The number of aryl methyl sites for hydroxylation is 1. The highest BCUT2D eigenvalue weighted by Gasteiger charge is 2.14. The maximum absolute atomic E-state index is 12.4. The van der Waals surface area contributed by atoms with Crippen molar-refractivity contribution in [2.24, 2.45) is 0 Å². The zero-order chi connectivity index (χ0) is 15.4. The fraction of sp³-hybridized carbons (Fsp3) is 0.235. The van der Waals surface area contributed by atoms with E-state index >= 15 is 0 Å². The Morgan fingerprint density at radius 1 is 1.19 bits per heavy atom. The number of carbonyl (C=O) groups excluding carboxylic acids is 1. The largest absolute Gasteiger partial charge is 0.497 e. The summed E-state index contributed by atoms with van der Waals surface area (Å²) in [6.07, 6.45) is 0. The number of rotatable bonds is 4. The smallest absolute Gasteiger partial charge is 0.252 e. The lowest BCUT2D eigenvalue weighted by molar-refractivity contribution is 0.0939. The normalized spacial score (nSPS) is 11.8. The van der Waals surface area contributed by atoms with Crippen LogP contribution in [-0.2, 0) is 0 Å². The lowest BCUT2D eigenvalue weighted by Crippen LogP contribution is -2.27. The van der Waals surface area contributed by atoms with E-state index in [9.17, 15) is 4.79 Å². The Hall–Kier alpha value is -1.81. The van der Waals surface area contributed by atoms with Gasteiger partial charge < -0.3 is 10.1 Å². The number of amides is 1. The molecule has 0 aliphatic rings. The van der Waals surface area contributed by atoms with E-state index < -0.39 is 0 Å². The number of nitrogens with one attached hydrogen (secondary N) is 1. The van der Waals surface area contributed by atoms with Gasteiger partial charge in [-0.15, -0.1) is 0 Å². The monoisotopic (exact) mass is 347 g/mol. The van der Waals surface area contributed by atoms with E-state index in [2.05, 4.69) is 21.2 Å². The Morgan fingerprint density at radius 3 is 2.48 bits per heavy atom. The number of hydrogen-bond donors (Lipinski definition) is 1. The molecule has 1 atom stereocenters. The van der Waals surface area contributed by atoms with Crippen molar-refractivity contribution in [3.8, 4) is 5.75 Å². The molecule has 2 rings (SSSR count). The van der Waals surface area contributed by atoms with Crippen LogP contribution in [0.15, 0.2) is 46.9 Å². The molecule has 0 aliphatic carbocycles. The minimum absolute atomic E-state index is 0.0733. The summed E-state index contributed by atoms with van der Waals surface area (Å²) in [5.74, 6) is 0.715. The zero-order valence-electron chi connectivity index (χ0n) is 12.3. The number of halogens is 1. The third-order valence-corrected chi connectivity index (χ3v) is 4.02. The molecule has 1 unspecified atom stereocenters. The van der Waals surface area contributed by atoms with E-state index in [0.717, 1.165) is 21.3 Å². The Balaban J connectivity index is 2.12.